The molecule has 0 saturated carbocycles. The molecule has 0 aliphatic carbocycles. The SMILES string of the molecule is CCN1CC(NC(=O)Cc2cccc(CC(C)C)c2OCc2ccc(C(=O)OC)cc2)CN1CC. The van der Waals surface area contributed by atoms with E-state index >= 15 is 0 Å². The number of ether oxygens (including phenoxy) is 2. The summed E-state index contributed by atoms with van der Waals surface area (Å²) in [7, 11) is 1.37. The van der Waals surface area contributed by atoms with Crippen LogP contribution >= 0.6 is 0 Å². The number of methoxy groups -OCH3 is 1. The summed E-state index contributed by atoms with van der Waals surface area (Å²) in [6, 6.07) is 13.4. The van der Waals surface area contributed by atoms with Gasteiger partial charge in [-0.05, 0) is 35.6 Å². The number of hydrogen-bond acceptors (Lipinski definition) is 6. The smallest absolute Gasteiger partial charge is 0.337 e. The standard InChI is InChI=1S/C28H39N3O4/c1-6-30-17-25(18-31(30)7-2)29-26(32)16-24-10-8-9-23(15-20(3)4)27(24)35-19-21-11-13-22(14-12-21)28(33)34-5/h8-14,20,25H,6-7,15-19H2,1-5H3,(H,29,32). The molecule has 0 atom stereocenters. The Morgan fingerprint density at radius 1 is 1.00 bits per heavy atom. The molecule has 0 radical (unpaired) electrons. The van der Waals surface area contributed by atoms with Crippen molar-refractivity contribution >= 4 is 11.9 Å². The molecule has 0 unspecified atom stereocenters. The zero-order valence-electron chi connectivity index (χ0n) is 21.7. The lowest BCUT2D eigenvalue weighted by atomic mass is 9.98. The summed E-state index contributed by atoms with van der Waals surface area (Å²) in [6.45, 7) is 12.5. The minimum atomic E-state index is -0.362. The van der Waals surface area contributed by atoms with Crippen molar-refractivity contribution in [2.24, 2.45) is 5.92 Å². The Morgan fingerprint density at radius 2 is 1.63 bits per heavy atom. The van der Waals surface area contributed by atoms with Gasteiger partial charge in [0.1, 0.15) is 12.4 Å². The first kappa shape index (κ1) is 26.7. The van der Waals surface area contributed by atoms with Crippen molar-refractivity contribution in [1.82, 2.24) is 15.3 Å². The molecular weight excluding hydrogens is 442 g/mol. The Morgan fingerprint density at radius 3 is 2.20 bits per heavy atom. The van der Waals surface area contributed by atoms with Crippen LogP contribution in [0.5, 0.6) is 5.75 Å². The molecule has 1 fully saturated rings. The highest BCUT2D eigenvalue weighted by Gasteiger charge is 2.29. The first-order chi connectivity index (χ1) is 16.8. The van der Waals surface area contributed by atoms with Gasteiger partial charge in [0, 0.05) is 31.7 Å². The maximum atomic E-state index is 13.0. The second kappa shape index (κ2) is 12.7. The number of amides is 1. The number of esters is 1. The van der Waals surface area contributed by atoms with E-state index in [1.807, 2.05) is 24.3 Å². The summed E-state index contributed by atoms with van der Waals surface area (Å²) in [6.07, 6.45) is 1.14. The minimum absolute atomic E-state index is 0.0120. The van der Waals surface area contributed by atoms with E-state index in [1.54, 1.807) is 12.1 Å². The lowest BCUT2D eigenvalue weighted by molar-refractivity contribution is -0.121. The van der Waals surface area contributed by atoms with Gasteiger partial charge in [0.05, 0.1) is 25.1 Å². The lowest BCUT2D eigenvalue weighted by Crippen LogP contribution is -2.39. The monoisotopic (exact) mass is 481 g/mol. The highest BCUT2D eigenvalue weighted by Crippen LogP contribution is 2.28. The molecule has 7 nitrogen and oxygen atoms in total. The fraction of sp³-hybridized carbons (Fsp3) is 0.500. The van der Waals surface area contributed by atoms with E-state index in [2.05, 4.69) is 49.1 Å². The fourth-order valence-electron chi connectivity index (χ4n) is 4.57. The minimum Gasteiger partial charge on any atom is -0.488 e. The normalized spacial score (nSPS) is 14.9. The van der Waals surface area contributed by atoms with E-state index in [0.29, 0.717) is 18.1 Å². The van der Waals surface area contributed by atoms with Crippen LogP contribution in [0.15, 0.2) is 42.5 Å². The summed E-state index contributed by atoms with van der Waals surface area (Å²) in [5, 5.41) is 7.79. The van der Waals surface area contributed by atoms with Gasteiger partial charge >= 0.3 is 5.97 Å². The van der Waals surface area contributed by atoms with Gasteiger partial charge in [-0.15, -0.1) is 0 Å². The summed E-state index contributed by atoms with van der Waals surface area (Å²) in [4.78, 5) is 24.7. The van der Waals surface area contributed by atoms with Gasteiger partial charge in [0.15, 0.2) is 0 Å². The highest BCUT2D eigenvalue weighted by atomic mass is 16.5. The van der Waals surface area contributed by atoms with Crippen molar-refractivity contribution < 1.29 is 19.1 Å². The van der Waals surface area contributed by atoms with Crippen LogP contribution in [0.1, 0.15) is 54.7 Å². The molecule has 1 aliphatic rings. The number of hydrogen-bond donors (Lipinski definition) is 1. The molecule has 1 amide bonds. The van der Waals surface area contributed by atoms with Crippen LogP contribution in [-0.4, -0.2) is 61.2 Å². The quantitative estimate of drug-likeness (QED) is 0.492. The predicted octanol–water partition coefficient (Wildman–Crippen LogP) is 3.85. The average molecular weight is 482 g/mol. The third-order valence-corrected chi connectivity index (χ3v) is 6.27. The second-order valence-corrected chi connectivity index (χ2v) is 9.43. The number of rotatable bonds is 11. The molecule has 190 valence electrons. The predicted molar refractivity (Wildman–Crippen MR) is 137 cm³/mol. The molecule has 1 N–H and O–H groups in total. The second-order valence-electron chi connectivity index (χ2n) is 9.43. The van der Waals surface area contributed by atoms with Gasteiger partial charge < -0.3 is 14.8 Å². The zero-order valence-corrected chi connectivity index (χ0v) is 21.7. The molecule has 2 aromatic rings. The summed E-state index contributed by atoms with van der Waals surface area (Å²) < 4.78 is 11.1. The molecule has 2 aromatic carbocycles. The third kappa shape index (κ3) is 7.29. The van der Waals surface area contributed by atoms with Gasteiger partial charge in [0.25, 0.3) is 0 Å². The summed E-state index contributed by atoms with van der Waals surface area (Å²) >= 11 is 0. The van der Waals surface area contributed by atoms with E-state index in [1.165, 1.54) is 7.11 Å². The van der Waals surface area contributed by atoms with Crippen LogP contribution in [0.4, 0.5) is 0 Å². The van der Waals surface area contributed by atoms with Crippen LogP contribution in [-0.2, 0) is 29.0 Å². The fourth-order valence-corrected chi connectivity index (χ4v) is 4.57. The molecule has 7 heteroatoms. The average Bonchev–Trinajstić information content (AvgIpc) is 3.24. The summed E-state index contributed by atoms with van der Waals surface area (Å²) in [5.41, 5.74) is 3.44. The number of para-hydroxylation sites is 1. The van der Waals surface area contributed by atoms with Gasteiger partial charge in [-0.2, -0.15) is 0 Å². The van der Waals surface area contributed by atoms with Crippen LogP contribution in [0.25, 0.3) is 0 Å². The Labute approximate surface area is 209 Å². The van der Waals surface area contributed by atoms with Crippen LogP contribution in [0.2, 0.25) is 0 Å². The van der Waals surface area contributed by atoms with Crippen LogP contribution in [0, 0.1) is 5.92 Å². The van der Waals surface area contributed by atoms with Gasteiger partial charge in [-0.1, -0.05) is 58.0 Å². The molecule has 1 aliphatic heterocycles. The van der Waals surface area contributed by atoms with E-state index in [0.717, 1.165) is 55.0 Å². The maximum Gasteiger partial charge on any atom is 0.337 e. The Kier molecular flexibility index (Phi) is 9.69. The maximum absolute atomic E-state index is 13.0. The number of carbonyl (C=O) groups is 2. The lowest BCUT2D eigenvalue weighted by Gasteiger charge is -2.24. The number of benzene rings is 2. The van der Waals surface area contributed by atoms with Crippen molar-refractivity contribution in [1.29, 1.82) is 0 Å². The van der Waals surface area contributed by atoms with E-state index < -0.39 is 0 Å². The first-order valence-electron chi connectivity index (χ1n) is 12.5. The van der Waals surface area contributed by atoms with Crippen molar-refractivity contribution in [3.8, 4) is 5.75 Å². The van der Waals surface area contributed by atoms with Crippen LogP contribution in [0.3, 0.4) is 0 Å². The van der Waals surface area contributed by atoms with Crippen molar-refractivity contribution in [2.75, 3.05) is 33.3 Å². The van der Waals surface area contributed by atoms with E-state index in [9.17, 15) is 9.59 Å². The van der Waals surface area contributed by atoms with Crippen molar-refractivity contribution in [3.05, 3.63) is 64.7 Å². The molecule has 0 aromatic heterocycles. The van der Waals surface area contributed by atoms with Gasteiger partial charge in [0.2, 0.25) is 5.91 Å². The zero-order chi connectivity index (χ0) is 25.4. The first-order valence-corrected chi connectivity index (χ1v) is 12.5. The number of nitrogens with zero attached hydrogens (tertiary/aromatic N) is 2. The molecule has 0 bridgehead atoms. The Hall–Kier alpha value is -2.90. The number of likely N-dealkylation sites (N-methyl/N-ethyl adjacent to an activating group) is 2. The molecule has 3 rings (SSSR count). The molecular formula is C28H39N3O4. The third-order valence-electron chi connectivity index (χ3n) is 6.27. The summed E-state index contributed by atoms with van der Waals surface area (Å²) in [5.74, 6) is 0.891. The number of carbonyl (C=O) groups excluding carboxylic acids is 2. The van der Waals surface area contributed by atoms with E-state index in [-0.39, 0.29) is 24.3 Å². The van der Waals surface area contributed by atoms with Crippen molar-refractivity contribution in [2.45, 2.75) is 53.2 Å². The number of nitrogens with one attached hydrogen (secondary N) is 1. The van der Waals surface area contributed by atoms with Crippen molar-refractivity contribution in [3.63, 3.8) is 0 Å². The van der Waals surface area contributed by atoms with Gasteiger partial charge in [-0.3, -0.25) is 4.79 Å². The molecule has 1 heterocycles. The molecule has 35 heavy (non-hydrogen) atoms. The topological polar surface area (TPSA) is 71.1 Å². The van der Waals surface area contributed by atoms with E-state index in [4.69, 9.17) is 9.47 Å². The Bertz CT molecular complexity index is 978. The highest BCUT2D eigenvalue weighted by molar-refractivity contribution is 5.89. The molecule has 1 saturated heterocycles. The molecule has 0 spiro atoms. The number of hydrazine groups is 1. The Balaban J connectivity index is 1.71. The largest absolute Gasteiger partial charge is 0.488 e. The van der Waals surface area contributed by atoms with Crippen LogP contribution < -0.4 is 10.1 Å². The van der Waals surface area contributed by atoms with Gasteiger partial charge in [-0.25, -0.2) is 14.8 Å².